The number of carboxylic acids is 1. The van der Waals surface area contributed by atoms with Crippen LogP contribution in [0.5, 0.6) is 0 Å². The number of carboxylic acid groups (broad SMARTS) is 1. The number of morpholine rings is 1. The van der Waals surface area contributed by atoms with Gasteiger partial charge in [0.2, 0.25) is 0 Å². The van der Waals surface area contributed by atoms with Gasteiger partial charge in [0, 0.05) is 25.3 Å². The number of pyridine rings is 1. The second kappa shape index (κ2) is 5.99. The van der Waals surface area contributed by atoms with Crippen molar-refractivity contribution in [3.05, 3.63) is 22.9 Å². The number of nitrogens with one attached hydrogen (secondary N) is 1. The summed E-state index contributed by atoms with van der Waals surface area (Å²) in [6, 6.07) is 1.77. The van der Waals surface area contributed by atoms with Crippen LogP contribution < -0.4 is 5.32 Å². The van der Waals surface area contributed by atoms with Crippen LogP contribution in [0.15, 0.2) is 6.07 Å². The third-order valence-corrected chi connectivity index (χ3v) is 4.12. The average Bonchev–Trinajstić information content (AvgIpc) is 2.91. The van der Waals surface area contributed by atoms with Gasteiger partial charge < -0.3 is 20.1 Å². The van der Waals surface area contributed by atoms with E-state index in [-0.39, 0.29) is 11.7 Å². The van der Waals surface area contributed by atoms with Gasteiger partial charge in [0.15, 0.2) is 0 Å². The summed E-state index contributed by atoms with van der Waals surface area (Å²) in [7, 11) is 2.06. The zero-order valence-corrected chi connectivity index (χ0v) is 12.3. The number of ether oxygens (including phenoxy) is 1. The Morgan fingerprint density at radius 3 is 3.19 bits per heavy atom. The molecule has 114 valence electrons. The maximum atomic E-state index is 11.4. The van der Waals surface area contributed by atoms with Gasteiger partial charge in [-0.05, 0) is 37.9 Å². The molecule has 1 fully saturated rings. The Balaban J connectivity index is 1.73. The molecule has 1 atom stereocenters. The molecule has 1 aliphatic heterocycles. The van der Waals surface area contributed by atoms with Gasteiger partial charge in [-0.2, -0.15) is 0 Å². The fraction of sp³-hybridized carbons (Fsp3) is 0.600. The number of likely N-dealkylation sites (N-methyl/N-ethyl adjacent to an activating group) is 1. The number of aromatic carboxylic acids is 1. The highest BCUT2D eigenvalue weighted by Crippen LogP contribution is 2.25. The molecule has 6 nitrogen and oxygen atoms in total. The van der Waals surface area contributed by atoms with Crippen LogP contribution in [-0.2, 0) is 17.6 Å². The molecular formula is C15H21N3O3. The van der Waals surface area contributed by atoms with Gasteiger partial charge in [-0.25, -0.2) is 9.78 Å². The van der Waals surface area contributed by atoms with E-state index >= 15 is 0 Å². The molecule has 3 rings (SSSR count). The quantitative estimate of drug-likeness (QED) is 0.862. The highest BCUT2D eigenvalue weighted by molar-refractivity contribution is 5.93. The lowest BCUT2D eigenvalue weighted by atomic mass is 10.1. The SMILES string of the molecule is CN1CCOC(CNc2nc3c(cc2C(=O)O)CCC3)C1. The number of carbonyl (C=O) groups is 1. The molecule has 21 heavy (non-hydrogen) atoms. The van der Waals surface area contributed by atoms with Gasteiger partial charge in [-0.3, -0.25) is 0 Å². The molecule has 2 aliphatic rings. The molecule has 1 aromatic heterocycles. The van der Waals surface area contributed by atoms with Crippen molar-refractivity contribution in [1.82, 2.24) is 9.88 Å². The van der Waals surface area contributed by atoms with Crippen molar-refractivity contribution in [2.24, 2.45) is 0 Å². The number of hydrogen-bond donors (Lipinski definition) is 2. The first-order chi connectivity index (χ1) is 10.1. The average molecular weight is 291 g/mol. The highest BCUT2D eigenvalue weighted by atomic mass is 16.5. The molecule has 1 aromatic rings. The van der Waals surface area contributed by atoms with E-state index in [1.807, 2.05) is 0 Å². The van der Waals surface area contributed by atoms with Crippen molar-refractivity contribution in [3.63, 3.8) is 0 Å². The second-order valence-electron chi connectivity index (χ2n) is 5.79. The number of fused-ring (bicyclic) bond motifs is 1. The standard InChI is InChI=1S/C15H21N3O3/c1-18-5-6-21-11(9-18)8-16-14-12(15(19)20)7-10-3-2-4-13(10)17-14/h7,11H,2-6,8-9H2,1H3,(H,16,17)(H,19,20). The second-order valence-corrected chi connectivity index (χ2v) is 5.79. The van der Waals surface area contributed by atoms with E-state index in [4.69, 9.17) is 4.74 Å². The molecule has 0 saturated carbocycles. The lowest BCUT2D eigenvalue weighted by molar-refractivity contribution is -0.0117. The summed E-state index contributed by atoms with van der Waals surface area (Å²) in [6.07, 6.45) is 2.99. The van der Waals surface area contributed by atoms with E-state index in [9.17, 15) is 9.90 Å². The molecule has 1 unspecified atom stereocenters. The summed E-state index contributed by atoms with van der Waals surface area (Å²) in [5.74, 6) is -0.457. The zero-order chi connectivity index (χ0) is 14.8. The minimum Gasteiger partial charge on any atom is -0.478 e. The van der Waals surface area contributed by atoms with Crippen LogP contribution in [-0.4, -0.2) is 60.4 Å². The smallest absolute Gasteiger partial charge is 0.339 e. The molecule has 0 aromatic carbocycles. The molecular weight excluding hydrogens is 270 g/mol. The van der Waals surface area contributed by atoms with E-state index in [1.54, 1.807) is 6.07 Å². The highest BCUT2D eigenvalue weighted by Gasteiger charge is 2.22. The fourth-order valence-electron chi connectivity index (χ4n) is 2.97. The van der Waals surface area contributed by atoms with Crippen LogP contribution in [0.1, 0.15) is 28.0 Å². The minimum absolute atomic E-state index is 0.0699. The van der Waals surface area contributed by atoms with E-state index in [1.165, 1.54) is 0 Å². The van der Waals surface area contributed by atoms with Crippen LogP contribution in [0, 0.1) is 0 Å². The van der Waals surface area contributed by atoms with Crippen LogP contribution in [0.4, 0.5) is 5.82 Å². The Hall–Kier alpha value is -1.66. The molecule has 6 heteroatoms. The van der Waals surface area contributed by atoms with Crippen LogP contribution >= 0.6 is 0 Å². The normalized spacial score (nSPS) is 22.0. The largest absolute Gasteiger partial charge is 0.478 e. The predicted molar refractivity (Wildman–Crippen MR) is 78.9 cm³/mol. The Morgan fingerprint density at radius 2 is 2.43 bits per heavy atom. The lowest BCUT2D eigenvalue weighted by Crippen LogP contribution is -2.43. The van der Waals surface area contributed by atoms with E-state index in [2.05, 4.69) is 22.2 Å². The number of rotatable bonds is 4. The summed E-state index contributed by atoms with van der Waals surface area (Å²) < 4.78 is 5.68. The molecule has 2 heterocycles. The molecule has 0 radical (unpaired) electrons. The van der Waals surface area contributed by atoms with Crippen molar-refractivity contribution in [2.45, 2.75) is 25.4 Å². The van der Waals surface area contributed by atoms with Gasteiger partial charge >= 0.3 is 5.97 Å². The maximum Gasteiger partial charge on any atom is 0.339 e. The lowest BCUT2D eigenvalue weighted by Gasteiger charge is -2.30. The van der Waals surface area contributed by atoms with E-state index in [0.29, 0.717) is 19.0 Å². The third-order valence-electron chi connectivity index (χ3n) is 4.12. The first-order valence-corrected chi connectivity index (χ1v) is 7.43. The first kappa shape index (κ1) is 14.3. The molecule has 1 aliphatic carbocycles. The molecule has 0 bridgehead atoms. The van der Waals surface area contributed by atoms with Crippen molar-refractivity contribution in [2.75, 3.05) is 38.6 Å². The van der Waals surface area contributed by atoms with E-state index in [0.717, 1.165) is 43.6 Å². The summed E-state index contributed by atoms with van der Waals surface area (Å²) in [5.41, 5.74) is 2.37. The predicted octanol–water partition coefficient (Wildman–Crippen LogP) is 1.01. The zero-order valence-electron chi connectivity index (χ0n) is 12.3. The number of aromatic nitrogens is 1. The van der Waals surface area contributed by atoms with Gasteiger partial charge in [0.25, 0.3) is 0 Å². The van der Waals surface area contributed by atoms with Gasteiger partial charge in [-0.15, -0.1) is 0 Å². The third kappa shape index (κ3) is 3.16. The number of anilines is 1. The number of nitrogens with zero attached hydrogens (tertiary/aromatic N) is 2. The summed E-state index contributed by atoms with van der Waals surface area (Å²) >= 11 is 0. The van der Waals surface area contributed by atoms with Crippen molar-refractivity contribution >= 4 is 11.8 Å². The Kier molecular flexibility index (Phi) is 4.07. The Bertz CT molecular complexity index is 547. The number of hydrogen-bond acceptors (Lipinski definition) is 5. The van der Waals surface area contributed by atoms with Crippen LogP contribution in [0.25, 0.3) is 0 Å². The van der Waals surface area contributed by atoms with Crippen molar-refractivity contribution in [1.29, 1.82) is 0 Å². The van der Waals surface area contributed by atoms with E-state index < -0.39 is 5.97 Å². The van der Waals surface area contributed by atoms with Crippen LogP contribution in [0.2, 0.25) is 0 Å². The Morgan fingerprint density at radius 1 is 1.57 bits per heavy atom. The summed E-state index contributed by atoms with van der Waals surface area (Å²) in [5, 5.41) is 12.5. The Labute approximate surface area is 124 Å². The monoisotopic (exact) mass is 291 g/mol. The number of aryl methyl sites for hydroxylation is 2. The molecule has 1 saturated heterocycles. The van der Waals surface area contributed by atoms with Gasteiger partial charge in [-0.1, -0.05) is 0 Å². The maximum absolute atomic E-state index is 11.4. The molecule has 0 amide bonds. The van der Waals surface area contributed by atoms with Gasteiger partial charge in [0.1, 0.15) is 11.4 Å². The van der Waals surface area contributed by atoms with Crippen molar-refractivity contribution in [3.8, 4) is 0 Å². The summed E-state index contributed by atoms with van der Waals surface area (Å²) in [6.45, 7) is 3.08. The minimum atomic E-state index is -0.929. The van der Waals surface area contributed by atoms with Crippen molar-refractivity contribution < 1.29 is 14.6 Å². The molecule has 2 N–H and O–H groups in total. The first-order valence-electron chi connectivity index (χ1n) is 7.43. The van der Waals surface area contributed by atoms with Gasteiger partial charge in [0.05, 0.1) is 12.7 Å². The topological polar surface area (TPSA) is 74.7 Å². The molecule has 0 spiro atoms. The summed E-state index contributed by atoms with van der Waals surface area (Å²) in [4.78, 5) is 18.1. The van der Waals surface area contributed by atoms with Crippen LogP contribution in [0.3, 0.4) is 0 Å². The fourth-order valence-corrected chi connectivity index (χ4v) is 2.97.